The third kappa shape index (κ3) is 4.19. The molecule has 0 fully saturated rings. The van der Waals surface area contributed by atoms with Gasteiger partial charge in [-0.05, 0) is 29.8 Å². The third-order valence-electron chi connectivity index (χ3n) is 4.42. The van der Waals surface area contributed by atoms with E-state index in [0.717, 1.165) is 0 Å². The minimum atomic E-state index is -0.466. The van der Waals surface area contributed by atoms with Gasteiger partial charge in [0.05, 0.1) is 12.8 Å². The standard InChI is InChI=1S/C20H21FN2O4/c1-22(12-14-7-8-17(26-2)15(21)11-14)19(24)9-10-23-16-5-3-4-6-18(16)27-13-20(23)25/h3-8,11H,9-10,12-13H2,1-2H3. The van der Waals surface area contributed by atoms with E-state index in [4.69, 9.17) is 9.47 Å². The van der Waals surface area contributed by atoms with Gasteiger partial charge in [-0.15, -0.1) is 0 Å². The highest BCUT2D eigenvalue weighted by atomic mass is 19.1. The number of ether oxygens (including phenoxy) is 2. The van der Waals surface area contributed by atoms with Gasteiger partial charge >= 0.3 is 0 Å². The van der Waals surface area contributed by atoms with Crippen molar-refractivity contribution in [2.24, 2.45) is 0 Å². The molecule has 0 atom stereocenters. The molecule has 0 radical (unpaired) electrons. The van der Waals surface area contributed by atoms with Crippen LogP contribution in [0, 0.1) is 5.82 Å². The van der Waals surface area contributed by atoms with Gasteiger partial charge in [-0.3, -0.25) is 9.59 Å². The van der Waals surface area contributed by atoms with Crippen LogP contribution in [0.2, 0.25) is 0 Å². The van der Waals surface area contributed by atoms with E-state index >= 15 is 0 Å². The molecule has 7 heteroatoms. The van der Waals surface area contributed by atoms with Gasteiger partial charge in [0.1, 0.15) is 5.75 Å². The number of amides is 2. The Kier molecular flexibility index (Phi) is 5.59. The zero-order valence-corrected chi connectivity index (χ0v) is 15.3. The predicted octanol–water partition coefficient (Wildman–Crippen LogP) is 2.61. The van der Waals surface area contributed by atoms with E-state index in [0.29, 0.717) is 17.0 Å². The normalized spacial score (nSPS) is 13.0. The molecule has 2 amide bonds. The fourth-order valence-corrected chi connectivity index (χ4v) is 2.97. The summed E-state index contributed by atoms with van der Waals surface area (Å²) in [5.41, 5.74) is 1.33. The highest BCUT2D eigenvalue weighted by molar-refractivity contribution is 5.98. The molecule has 0 saturated carbocycles. The number of carbonyl (C=O) groups excluding carboxylic acids is 2. The molecule has 0 unspecified atom stereocenters. The molecule has 3 rings (SSSR count). The largest absolute Gasteiger partial charge is 0.494 e. The number of anilines is 1. The Morgan fingerprint density at radius 2 is 2.07 bits per heavy atom. The average Bonchev–Trinajstić information content (AvgIpc) is 2.67. The lowest BCUT2D eigenvalue weighted by Gasteiger charge is -2.29. The van der Waals surface area contributed by atoms with Gasteiger partial charge < -0.3 is 19.3 Å². The van der Waals surface area contributed by atoms with Crippen LogP contribution < -0.4 is 14.4 Å². The number of rotatable bonds is 6. The van der Waals surface area contributed by atoms with Gasteiger partial charge in [-0.2, -0.15) is 0 Å². The summed E-state index contributed by atoms with van der Waals surface area (Å²) >= 11 is 0. The Balaban J connectivity index is 1.60. The molecule has 1 heterocycles. The fraction of sp³-hybridized carbons (Fsp3) is 0.300. The number of fused-ring (bicyclic) bond motifs is 1. The molecule has 2 aromatic rings. The topological polar surface area (TPSA) is 59.1 Å². The van der Waals surface area contributed by atoms with E-state index in [2.05, 4.69) is 0 Å². The van der Waals surface area contributed by atoms with Crippen LogP contribution in [0.1, 0.15) is 12.0 Å². The summed E-state index contributed by atoms with van der Waals surface area (Å²) in [6.07, 6.45) is 0.162. The summed E-state index contributed by atoms with van der Waals surface area (Å²) in [4.78, 5) is 27.7. The van der Waals surface area contributed by atoms with Gasteiger partial charge in [0, 0.05) is 26.6 Å². The quantitative estimate of drug-likeness (QED) is 0.782. The second-order valence-corrected chi connectivity index (χ2v) is 6.27. The molecule has 0 aromatic heterocycles. The first kappa shape index (κ1) is 18.7. The first-order valence-corrected chi connectivity index (χ1v) is 8.58. The summed E-state index contributed by atoms with van der Waals surface area (Å²) in [5, 5.41) is 0. The Labute approximate surface area is 157 Å². The van der Waals surface area contributed by atoms with E-state index in [1.165, 1.54) is 24.1 Å². The molecular formula is C20H21FN2O4. The number of methoxy groups -OCH3 is 1. The van der Waals surface area contributed by atoms with Gasteiger partial charge in [0.2, 0.25) is 5.91 Å². The monoisotopic (exact) mass is 372 g/mol. The molecule has 0 N–H and O–H groups in total. The number of benzene rings is 2. The van der Waals surface area contributed by atoms with Crippen LogP contribution in [0.5, 0.6) is 11.5 Å². The highest BCUT2D eigenvalue weighted by Crippen LogP contribution is 2.31. The van der Waals surface area contributed by atoms with Gasteiger partial charge in [-0.1, -0.05) is 18.2 Å². The molecule has 0 spiro atoms. The maximum atomic E-state index is 13.8. The number of hydrogen-bond donors (Lipinski definition) is 0. The van der Waals surface area contributed by atoms with Crippen LogP contribution in [0.3, 0.4) is 0 Å². The molecule has 0 saturated heterocycles. The minimum Gasteiger partial charge on any atom is -0.494 e. The molecule has 1 aliphatic heterocycles. The Morgan fingerprint density at radius 3 is 2.81 bits per heavy atom. The zero-order chi connectivity index (χ0) is 19.4. The van der Waals surface area contributed by atoms with E-state index in [9.17, 15) is 14.0 Å². The van der Waals surface area contributed by atoms with Crippen molar-refractivity contribution in [2.45, 2.75) is 13.0 Å². The summed E-state index contributed by atoms with van der Waals surface area (Å²) in [6, 6.07) is 11.8. The lowest BCUT2D eigenvalue weighted by molar-refractivity contribution is -0.130. The summed E-state index contributed by atoms with van der Waals surface area (Å²) in [7, 11) is 3.05. The van der Waals surface area contributed by atoms with E-state index in [1.807, 2.05) is 12.1 Å². The predicted molar refractivity (Wildman–Crippen MR) is 98.3 cm³/mol. The number of halogens is 1. The minimum absolute atomic E-state index is 0.0355. The first-order chi connectivity index (χ1) is 13.0. The van der Waals surface area contributed by atoms with Crippen molar-refractivity contribution in [3.05, 3.63) is 53.8 Å². The van der Waals surface area contributed by atoms with Crippen molar-refractivity contribution in [2.75, 3.05) is 32.2 Å². The zero-order valence-electron chi connectivity index (χ0n) is 15.3. The third-order valence-corrected chi connectivity index (χ3v) is 4.42. The number of nitrogens with zero attached hydrogens (tertiary/aromatic N) is 2. The maximum absolute atomic E-state index is 13.8. The van der Waals surface area contributed by atoms with Crippen LogP contribution in [-0.4, -0.2) is 44.0 Å². The SMILES string of the molecule is COc1ccc(CN(C)C(=O)CCN2C(=O)COc3ccccc32)cc1F. The maximum Gasteiger partial charge on any atom is 0.265 e. The number of para-hydroxylation sites is 2. The van der Waals surface area contributed by atoms with E-state index in [1.54, 1.807) is 30.1 Å². The second kappa shape index (κ2) is 8.07. The molecular weight excluding hydrogens is 351 g/mol. The molecule has 6 nitrogen and oxygen atoms in total. The van der Waals surface area contributed by atoms with Crippen LogP contribution >= 0.6 is 0 Å². The summed E-state index contributed by atoms with van der Waals surface area (Å²) < 4.78 is 24.1. The van der Waals surface area contributed by atoms with Gasteiger partial charge in [0.15, 0.2) is 18.2 Å². The van der Waals surface area contributed by atoms with Crippen molar-refractivity contribution in [1.29, 1.82) is 0 Å². The molecule has 1 aliphatic rings. The van der Waals surface area contributed by atoms with Gasteiger partial charge in [0.25, 0.3) is 5.91 Å². The van der Waals surface area contributed by atoms with E-state index in [-0.39, 0.29) is 43.7 Å². The Morgan fingerprint density at radius 1 is 1.30 bits per heavy atom. The smallest absolute Gasteiger partial charge is 0.265 e. The fourth-order valence-electron chi connectivity index (χ4n) is 2.97. The number of carbonyl (C=O) groups is 2. The van der Waals surface area contributed by atoms with Crippen LogP contribution in [0.15, 0.2) is 42.5 Å². The van der Waals surface area contributed by atoms with E-state index < -0.39 is 5.82 Å². The van der Waals surface area contributed by atoms with Crippen LogP contribution in [-0.2, 0) is 16.1 Å². The van der Waals surface area contributed by atoms with Crippen molar-refractivity contribution in [3.63, 3.8) is 0 Å². The first-order valence-electron chi connectivity index (χ1n) is 8.58. The Hall–Kier alpha value is -3.09. The Bertz CT molecular complexity index is 856. The summed E-state index contributed by atoms with van der Waals surface area (Å²) in [5.74, 6) is 0.0135. The molecule has 0 bridgehead atoms. The van der Waals surface area contributed by atoms with Crippen molar-refractivity contribution in [1.82, 2.24) is 4.90 Å². The molecule has 142 valence electrons. The van der Waals surface area contributed by atoms with Crippen LogP contribution in [0.25, 0.3) is 0 Å². The molecule has 0 aliphatic carbocycles. The lowest BCUT2D eigenvalue weighted by Crippen LogP contribution is -2.41. The van der Waals surface area contributed by atoms with Gasteiger partial charge in [-0.25, -0.2) is 4.39 Å². The van der Waals surface area contributed by atoms with Crippen molar-refractivity contribution in [3.8, 4) is 11.5 Å². The highest BCUT2D eigenvalue weighted by Gasteiger charge is 2.25. The number of hydrogen-bond acceptors (Lipinski definition) is 4. The molecule has 2 aromatic carbocycles. The lowest BCUT2D eigenvalue weighted by atomic mass is 10.2. The second-order valence-electron chi connectivity index (χ2n) is 6.27. The average molecular weight is 372 g/mol. The van der Waals surface area contributed by atoms with Crippen molar-refractivity contribution >= 4 is 17.5 Å². The van der Waals surface area contributed by atoms with Crippen LogP contribution in [0.4, 0.5) is 10.1 Å². The summed E-state index contributed by atoms with van der Waals surface area (Å²) in [6.45, 7) is 0.499. The van der Waals surface area contributed by atoms with Crippen molar-refractivity contribution < 1.29 is 23.5 Å². The molecule has 27 heavy (non-hydrogen) atoms.